The van der Waals surface area contributed by atoms with E-state index in [1.807, 2.05) is 19.1 Å². The molecular formula is C20H22F3N5O2. The van der Waals surface area contributed by atoms with Crippen molar-refractivity contribution in [1.82, 2.24) is 19.8 Å². The number of rotatable bonds is 5. The second-order valence-corrected chi connectivity index (χ2v) is 7.46. The monoisotopic (exact) mass is 421 g/mol. The molecule has 0 unspecified atom stereocenters. The van der Waals surface area contributed by atoms with Gasteiger partial charge in [0.2, 0.25) is 0 Å². The van der Waals surface area contributed by atoms with Gasteiger partial charge in [0, 0.05) is 30.7 Å². The number of benzene rings is 1. The Bertz CT molecular complexity index is 1040. The zero-order chi connectivity index (χ0) is 21.4. The molecule has 0 atom stereocenters. The number of anilines is 1. The Morgan fingerprint density at radius 1 is 1.17 bits per heavy atom. The van der Waals surface area contributed by atoms with Crippen molar-refractivity contribution in [2.24, 2.45) is 0 Å². The normalized spacial score (nSPS) is 16.6. The van der Waals surface area contributed by atoms with Gasteiger partial charge in [-0.15, -0.1) is 15.3 Å². The number of nitrogens with zero attached hydrogens (tertiary/aromatic N) is 4. The van der Waals surface area contributed by atoms with E-state index in [-0.39, 0.29) is 11.1 Å². The lowest BCUT2D eigenvalue weighted by molar-refractivity contribution is -0.146. The first-order chi connectivity index (χ1) is 14.3. The van der Waals surface area contributed by atoms with E-state index in [0.29, 0.717) is 30.1 Å². The van der Waals surface area contributed by atoms with Gasteiger partial charge in [0.25, 0.3) is 5.82 Å². The number of ether oxygens (including phenoxy) is 2. The maximum atomic E-state index is 13.2. The van der Waals surface area contributed by atoms with Gasteiger partial charge in [0.05, 0.1) is 7.11 Å². The van der Waals surface area contributed by atoms with E-state index < -0.39 is 12.0 Å². The van der Waals surface area contributed by atoms with Crippen molar-refractivity contribution in [3.05, 3.63) is 47.3 Å². The summed E-state index contributed by atoms with van der Waals surface area (Å²) in [6.45, 7) is 3.67. The number of hydrogen-bond acceptors (Lipinski definition) is 6. The van der Waals surface area contributed by atoms with Gasteiger partial charge < -0.3 is 14.8 Å². The third kappa shape index (κ3) is 3.79. The number of nitrogens with one attached hydrogen (secondary N) is 1. The number of alkyl halides is 3. The molecule has 1 aliphatic heterocycles. The Morgan fingerprint density at radius 2 is 1.93 bits per heavy atom. The van der Waals surface area contributed by atoms with E-state index in [9.17, 15) is 13.2 Å². The van der Waals surface area contributed by atoms with E-state index in [1.54, 1.807) is 13.2 Å². The summed E-state index contributed by atoms with van der Waals surface area (Å²) in [5, 5.41) is 14.0. The van der Waals surface area contributed by atoms with Crippen LogP contribution in [-0.2, 0) is 16.3 Å². The highest BCUT2D eigenvalue weighted by atomic mass is 19.4. The molecule has 30 heavy (non-hydrogen) atoms. The SMILES string of the molecule is COc1ccc(C)cc1C1(CNc2ccc3nnc(C(F)(F)F)n3n2)CCOCC1. The maximum Gasteiger partial charge on any atom is 0.453 e. The molecule has 0 bridgehead atoms. The number of halogens is 3. The van der Waals surface area contributed by atoms with Crippen LogP contribution in [0, 0.1) is 6.92 Å². The van der Waals surface area contributed by atoms with Crippen LogP contribution in [0.15, 0.2) is 30.3 Å². The molecule has 0 spiro atoms. The average Bonchev–Trinajstić information content (AvgIpc) is 3.17. The third-order valence-electron chi connectivity index (χ3n) is 5.50. The first kappa shape index (κ1) is 20.4. The third-order valence-corrected chi connectivity index (χ3v) is 5.50. The molecule has 1 aliphatic rings. The van der Waals surface area contributed by atoms with Crippen LogP contribution in [-0.4, -0.2) is 46.7 Å². The van der Waals surface area contributed by atoms with Crippen LogP contribution in [0.3, 0.4) is 0 Å². The zero-order valence-corrected chi connectivity index (χ0v) is 16.7. The number of fused-ring (bicyclic) bond motifs is 1. The van der Waals surface area contributed by atoms with Crippen molar-refractivity contribution >= 4 is 11.5 Å². The van der Waals surface area contributed by atoms with Crippen molar-refractivity contribution < 1.29 is 22.6 Å². The minimum atomic E-state index is -4.64. The molecule has 1 fully saturated rings. The second kappa shape index (κ2) is 7.75. The fourth-order valence-corrected chi connectivity index (χ4v) is 3.86. The molecular weight excluding hydrogens is 399 g/mol. The molecule has 0 radical (unpaired) electrons. The Morgan fingerprint density at radius 3 is 2.63 bits per heavy atom. The summed E-state index contributed by atoms with van der Waals surface area (Å²) < 4.78 is 51.3. The van der Waals surface area contributed by atoms with E-state index in [1.165, 1.54) is 6.07 Å². The predicted octanol–water partition coefficient (Wildman–Crippen LogP) is 3.62. The van der Waals surface area contributed by atoms with E-state index in [0.717, 1.165) is 29.7 Å². The van der Waals surface area contributed by atoms with Gasteiger partial charge in [-0.3, -0.25) is 0 Å². The van der Waals surface area contributed by atoms with Crippen molar-refractivity contribution in [2.75, 3.05) is 32.2 Å². The highest BCUT2D eigenvalue weighted by Crippen LogP contribution is 2.40. The van der Waals surface area contributed by atoms with Crippen molar-refractivity contribution in [3.63, 3.8) is 0 Å². The van der Waals surface area contributed by atoms with Crippen LogP contribution >= 0.6 is 0 Å². The first-order valence-electron chi connectivity index (χ1n) is 9.59. The van der Waals surface area contributed by atoms with Crippen molar-refractivity contribution in [3.8, 4) is 5.75 Å². The average molecular weight is 421 g/mol. The van der Waals surface area contributed by atoms with Crippen LogP contribution in [0.2, 0.25) is 0 Å². The Kier molecular flexibility index (Phi) is 5.27. The Hall–Kier alpha value is -2.88. The van der Waals surface area contributed by atoms with Gasteiger partial charge in [0.1, 0.15) is 11.6 Å². The van der Waals surface area contributed by atoms with E-state index in [4.69, 9.17) is 9.47 Å². The standard InChI is InChI=1S/C20H22F3N5O2/c1-13-3-4-15(29-2)14(11-13)19(7-9-30-10-8-19)12-24-16-5-6-17-25-26-18(20(21,22)23)28(17)27-16/h3-6,11H,7-10,12H2,1-2H3,(H,24,27). The smallest absolute Gasteiger partial charge is 0.453 e. The van der Waals surface area contributed by atoms with Crippen molar-refractivity contribution in [1.29, 1.82) is 0 Å². The Labute approximate surface area is 171 Å². The lowest BCUT2D eigenvalue weighted by atomic mass is 9.73. The molecule has 10 heteroatoms. The van der Waals surface area contributed by atoms with Gasteiger partial charge in [-0.05, 0) is 38.0 Å². The summed E-state index contributed by atoms with van der Waals surface area (Å²) in [6, 6.07) is 9.10. The highest BCUT2D eigenvalue weighted by molar-refractivity contribution is 5.47. The largest absolute Gasteiger partial charge is 0.496 e. The summed E-state index contributed by atoms with van der Waals surface area (Å²) in [4.78, 5) is 0. The summed E-state index contributed by atoms with van der Waals surface area (Å²) in [7, 11) is 1.63. The quantitative estimate of drug-likeness (QED) is 0.678. The number of methoxy groups -OCH3 is 1. The molecule has 1 saturated heterocycles. The number of hydrogen-bond donors (Lipinski definition) is 1. The van der Waals surface area contributed by atoms with E-state index in [2.05, 4.69) is 26.7 Å². The van der Waals surface area contributed by atoms with Crippen LogP contribution in [0.25, 0.3) is 5.65 Å². The van der Waals surface area contributed by atoms with Crippen LogP contribution in [0.5, 0.6) is 5.75 Å². The first-order valence-corrected chi connectivity index (χ1v) is 9.59. The molecule has 4 rings (SSSR count). The fourth-order valence-electron chi connectivity index (χ4n) is 3.86. The van der Waals surface area contributed by atoms with E-state index >= 15 is 0 Å². The van der Waals surface area contributed by atoms with Gasteiger partial charge in [-0.2, -0.15) is 17.7 Å². The summed E-state index contributed by atoms with van der Waals surface area (Å²) in [6.07, 6.45) is -3.13. The van der Waals surface area contributed by atoms with Gasteiger partial charge in [-0.1, -0.05) is 17.7 Å². The van der Waals surface area contributed by atoms with Crippen LogP contribution < -0.4 is 10.1 Å². The van der Waals surface area contributed by atoms with Crippen molar-refractivity contribution in [2.45, 2.75) is 31.4 Å². The van der Waals surface area contributed by atoms with Gasteiger partial charge in [0.15, 0.2) is 5.65 Å². The van der Waals surface area contributed by atoms with Crippen LogP contribution in [0.4, 0.5) is 19.0 Å². The van der Waals surface area contributed by atoms with Crippen LogP contribution in [0.1, 0.15) is 29.8 Å². The molecule has 0 amide bonds. The van der Waals surface area contributed by atoms with Gasteiger partial charge in [-0.25, -0.2) is 0 Å². The molecule has 1 N–H and O–H groups in total. The molecule has 2 aromatic heterocycles. The lowest BCUT2D eigenvalue weighted by Gasteiger charge is -2.39. The summed E-state index contributed by atoms with van der Waals surface area (Å²) >= 11 is 0. The molecule has 3 heterocycles. The Balaban J connectivity index is 1.66. The molecule has 0 aliphatic carbocycles. The zero-order valence-electron chi connectivity index (χ0n) is 16.7. The number of aryl methyl sites for hydroxylation is 1. The molecule has 0 saturated carbocycles. The minimum Gasteiger partial charge on any atom is -0.496 e. The minimum absolute atomic E-state index is 0.0361. The molecule has 3 aromatic rings. The summed E-state index contributed by atoms with van der Waals surface area (Å²) in [5.74, 6) is -0.0570. The second-order valence-electron chi connectivity index (χ2n) is 7.46. The molecule has 160 valence electrons. The lowest BCUT2D eigenvalue weighted by Crippen LogP contribution is -2.40. The molecule has 7 nitrogen and oxygen atoms in total. The molecule has 1 aromatic carbocycles. The highest BCUT2D eigenvalue weighted by Gasteiger charge is 2.39. The predicted molar refractivity (Wildman–Crippen MR) is 104 cm³/mol. The fraction of sp³-hybridized carbons (Fsp3) is 0.450. The maximum absolute atomic E-state index is 13.2. The van der Waals surface area contributed by atoms with Gasteiger partial charge >= 0.3 is 6.18 Å². The topological polar surface area (TPSA) is 73.6 Å². The number of aromatic nitrogens is 4. The summed E-state index contributed by atoms with van der Waals surface area (Å²) in [5.41, 5.74) is 1.90.